The van der Waals surface area contributed by atoms with Crippen LogP contribution in [-0.2, 0) is 0 Å². The van der Waals surface area contributed by atoms with Crippen molar-refractivity contribution in [1.29, 1.82) is 0 Å². The van der Waals surface area contributed by atoms with E-state index in [0.29, 0.717) is 18.6 Å². The Labute approximate surface area is 206 Å². The lowest BCUT2D eigenvalue weighted by atomic mass is 9.83. The molecule has 1 aliphatic rings. The predicted octanol–water partition coefficient (Wildman–Crippen LogP) is 5.84. The highest BCUT2D eigenvalue weighted by Gasteiger charge is 2.25. The summed E-state index contributed by atoms with van der Waals surface area (Å²) in [5.41, 5.74) is 8.78. The zero-order valence-corrected chi connectivity index (χ0v) is 20.3. The first-order chi connectivity index (χ1) is 14.7. The van der Waals surface area contributed by atoms with Gasteiger partial charge in [-0.1, -0.05) is 29.8 Å². The summed E-state index contributed by atoms with van der Waals surface area (Å²) in [5, 5.41) is 5.17. The molecule has 0 saturated heterocycles. The average molecular weight is 496 g/mol. The Morgan fingerprint density at radius 3 is 2.41 bits per heavy atom. The van der Waals surface area contributed by atoms with Gasteiger partial charge >= 0.3 is 0 Å². The summed E-state index contributed by atoms with van der Waals surface area (Å²) >= 11 is 5.99. The summed E-state index contributed by atoms with van der Waals surface area (Å²) in [4.78, 5) is 9.75. The topological polar surface area (TPSA) is 73.1 Å². The molecule has 8 heteroatoms. The number of nitrogens with zero attached hydrogens (tertiary/aromatic N) is 2. The van der Waals surface area contributed by atoms with Gasteiger partial charge in [0.1, 0.15) is 5.75 Å². The van der Waals surface area contributed by atoms with Crippen molar-refractivity contribution < 1.29 is 4.74 Å². The third-order valence-corrected chi connectivity index (χ3v) is 6.02. The van der Waals surface area contributed by atoms with Gasteiger partial charge < -0.3 is 15.8 Å². The van der Waals surface area contributed by atoms with E-state index in [2.05, 4.69) is 11.4 Å². The first kappa shape index (κ1) is 26.4. The van der Waals surface area contributed by atoms with Crippen LogP contribution < -0.4 is 15.8 Å². The number of fused-ring (bicyclic) bond motifs is 1. The van der Waals surface area contributed by atoms with E-state index in [1.165, 1.54) is 0 Å². The Balaban J connectivity index is 0.00000181. The third-order valence-electron chi connectivity index (χ3n) is 5.76. The van der Waals surface area contributed by atoms with Gasteiger partial charge in [-0.15, -0.1) is 24.8 Å². The Morgan fingerprint density at radius 1 is 1.03 bits per heavy atom. The molecule has 0 aliphatic heterocycles. The van der Waals surface area contributed by atoms with E-state index < -0.39 is 0 Å². The Hall–Kier alpha value is -1.89. The zero-order valence-electron chi connectivity index (χ0n) is 18.0. The molecule has 0 unspecified atom stereocenters. The number of ether oxygens (including phenoxy) is 1. The van der Waals surface area contributed by atoms with Crippen LogP contribution in [0.5, 0.6) is 5.75 Å². The second-order valence-electron chi connectivity index (χ2n) is 7.69. The van der Waals surface area contributed by atoms with E-state index in [9.17, 15) is 0 Å². The van der Waals surface area contributed by atoms with Gasteiger partial charge in [0, 0.05) is 29.0 Å². The monoisotopic (exact) mass is 494 g/mol. The number of methoxy groups -OCH3 is 1. The van der Waals surface area contributed by atoms with Gasteiger partial charge in [0.25, 0.3) is 0 Å². The lowest BCUT2D eigenvalue weighted by Gasteiger charge is -2.29. The molecule has 172 valence electrons. The molecule has 2 aromatic carbocycles. The van der Waals surface area contributed by atoms with Gasteiger partial charge in [-0.25, -0.2) is 9.97 Å². The van der Waals surface area contributed by atoms with E-state index in [1.54, 1.807) is 7.11 Å². The lowest BCUT2D eigenvalue weighted by molar-refractivity contribution is 0.343. The number of rotatable bonds is 6. The van der Waals surface area contributed by atoms with E-state index in [1.807, 2.05) is 48.6 Å². The molecule has 5 nitrogen and oxygen atoms in total. The van der Waals surface area contributed by atoms with Gasteiger partial charge in [0.15, 0.2) is 5.82 Å². The van der Waals surface area contributed by atoms with E-state index in [0.717, 1.165) is 64.4 Å². The van der Waals surface area contributed by atoms with Gasteiger partial charge in [-0.3, -0.25) is 0 Å². The molecule has 0 radical (unpaired) electrons. The molecule has 0 amide bonds. The molecule has 0 bridgehead atoms. The molecular weight excluding hydrogens is 467 g/mol. The molecule has 32 heavy (non-hydrogen) atoms. The first-order valence-electron chi connectivity index (χ1n) is 10.4. The Bertz CT molecular complexity index is 1040. The third kappa shape index (κ3) is 6.33. The lowest BCUT2D eigenvalue weighted by Crippen LogP contribution is -2.36. The number of nitrogens with one attached hydrogen (secondary N) is 1. The van der Waals surface area contributed by atoms with Crippen LogP contribution in [-0.4, -0.2) is 29.8 Å². The molecule has 1 saturated carbocycles. The second-order valence-corrected chi connectivity index (χ2v) is 8.13. The van der Waals surface area contributed by atoms with Gasteiger partial charge in [0.05, 0.1) is 18.3 Å². The van der Waals surface area contributed by atoms with Crippen molar-refractivity contribution in [3.8, 4) is 5.75 Å². The minimum atomic E-state index is 0. The maximum absolute atomic E-state index is 5.99. The van der Waals surface area contributed by atoms with E-state index >= 15 is 0 Å². The minimum absolute atomic E-state index is 0. The van der Waals surface area contributed by atoms with E-state index in [4.69, 9.17) is 32.0 Å². The van der Waals surface area contributed by atoms with Crippen LogP contribution in [0.4, 0.5) is 0 Å². The highest BCUT2D eigenvalue weighted by atomic mass is 35.5. The number of halogens is 3. The number of nitrogens with two attached hydrogens (primary N) is 1. The van der Waals surface area contributed by atoms with Crippen LogP contribution in [0.3, 0.4) is 0 Å². The standard InChI is InChI=1S/C24H27ClN4O.2ClH/c1-30-20-11-12-22-21(14-20)24(17-5-9-19(10-6-17)27-15-26)29-23(28-22)13-4-16-2-7-18(25)8-3-16;;/h2-4,7-8,11-14,17,19,27H,5-6,9-10,15,26H2,1H3;2*1H/t17-,19+;;. The number of aromatic nitrogens is 2. The Morgan fingerprint density at radius 2 is 1.75 bits per heavy atom. The SMILES string of the molecule is COc1ccc2nc(C=Cc3ccc(Cl)cc3)nc([C@H]3CC[C@@H](NCN)CC3)c2c1.Cl.Cl. The molecule has 1 fully saturated rings. The molecule has 4 rings (SSSR count). The molecular formula is C24H29Cl3N4O. The largest absolute Gasteiger partial charge is 0.497 e. The van der Waals surface area contributed by atoms with Crippen molar-refractivity contribution in [2.45, 2.75) is 37.6 Å². The summed E-state index contributed by atoms with van der Waals surface area (Å²) in [7, 11) is 1.69. The van der Waals surface area contributed by atoms with Crippen molar-refractivity contribution in [2.24, 2.45) is 5.73 Å². The van der Waals surface area contributed by atoms with Gasteiger partial charge in [-0.05, 0) is 67.7 Å². The Kier molecular flexibility index (Phi) is 10.2. The highest BCUT2D eigenvalue weighted by Crippen LogP contribution is 2.36. The molecule has 0 atom stereocenters. The van der Waals surface area contributed by atoms with Crippen molar-refractivity contribution in [3.05, 3.63) is 64.6 Å². The van der Waals surface area contributed by atoms with E-state index in [-0.39, 0.29) is 24.8 Å². The van der Waals surface area contributed by atoms with Crippen LogP contribution in [0.2, 0.25) is 5.02 Å². The minimum Gasteiger partial charge on any atom is -0.497 e. The molecule has 1 aliphatic carbocycles. The quantitative estimate of drug-likeness (QED) is 0.420. The summed E-state index contributed by atoms with van der Waals surface area (Å²) in [6.45, 7) is 0.530. The molecule has 3 N–H and O–H groups in total. The van der Waals surface area contributed by atoms with Crippen molar-refractivity contribution in [1.82, 2.24) is 15.3 Å². The van der Waals surface area contributed by atoms with Crippen LogP contribution in [0, 0.1) is 0 Å². The fraction of sp³-hybridized carbons (Fsp3) is 0.333. The molecule has 0 spiro atoms. The summed E-state index contributed by atoms with van der Waals surface area (Å²) in [6.07, 6.45) is 8.37. The van der Waals surface area contributed by atoms with Crippen LogP contribution in [0.25, 0.3) is 23.1 Å². The molecule has 3 aromatic rings. The summed E-state index contributed by atoms with van der Waals surface area (Å²) in [6, 6.07) is 14.3. The van der Waals surface area contributed by atoms with Gasteiger partial charge in [-0.2, -0.15) is 0 Å². The zero-order chi connectivity index (χ0) is 20.9. The first-order valence-corrected chi connectivity index (χ1v) is 10.8. The fourth-order valence-corrected chi connectivity index (χ4v) is 4.27. The normalized spacial score (nSPS) is 18.2. The summed E-state index contributed by atoms with van der Waals surface area (Å²) < 4.78 is 5.45. The molecule has 1 aromatic heterocycles. The maximum Gasteiger partial charge on any atom is 0.152 e. The highest BCUT2D eigenvalue weighted by molar-refractivity contribution is 6.30. The van der Waals surface area contributed by atoms with Crippen molar-refractivity contribution in [3.63, 3.8) is 0 Å². The van der Waals surface area contributed by atoms with Crippen LogP contribution in [0.15, 0.2) is 42.5 Å². The number of hydrogen-bond donors (Lipinski definition) is 2. The summed E-state index contributed by atoms with van der Waals surface area (Å²) in [5.74, 6) is 1.95. The van der Waals surface area contributed by atoms with Crippen LogP contribution >= 0.6 is 36.4 Å². The number of hydrogen-bond acceptors (Lipinski definition) is 5. The maximum atomic E-state index is 5.99. The predicted molar refractivity (Wildman–Crippen MR) is 138 cm³/mol. The smallest absolute Gasteiger partial charge is 0.152 e. The van der Waals surface area contributed by atoms with Gasteiger partial charge in [0.2, 0.25) is 0 Å². The number of benzene rings is 2. The van der Waals surface area contributed by atoms with Crippen molar-refractivity contribution in [2.75, 3.05) is 13.8 Å². The van der Waals surface area contributed by atoms with Crippen LogP contribution in [0.1, 0.15) is 48.7 Å². The average Bonchev–Trinajstić information content (AvgIpc) is 2.78. The molecule has 1 heterocycles. The fourth-order valence-electron chi connectivity index (χ4n) is 4.14. The van der Waals surface area contributed by atoms with Crippen molar-refractivity contribution >= 4 is 59.5 Å². The second kappa shape index (κ2) is 12.4.